The van der Waals surface area contributed by atoms with Gasteiger partial charge >= 0.3 is 5.97 Å². The molecule has 0 amide bonds. The number of hydrogen-bond donors (Lipinski definition) is 0. The predicted molar refractivity (Wildman–Crippen MR) is 118 cm³/mol. The fourth-order valence-corrected chi connectivity index (χ4v) is 3.39. The first-order chi connectivity index (χ1) is 13.8. The maximum Gasteiger partial charge on any atom is 0.346 e. The van der Waals surface area contributed by atoms with Crippen LogP contribution in [-0.4, -0.2) is 35.1 Å². The van der Waals surface area contributed by atoms with E-state index in [0.29, 0.717) is 28.0 Å². The Morgan fingerprint density at radius 3 is 2.62 bits per heavy atom. The summed E-state index contributed by atoms with van der Waals surface area (Å²) < 4.78 is 13.2. The average molecular weight is 523 g/mol. The summed E-state index contributed by atoms with van der Waals surface area (Å²) in [5.74, 6) is 0.380. The summed E-state index contributed by atoms with van der Waals surface area (Å²) in [7, 11) is 1.30. The minimum atomic E-state index is -0.794. The molecule has 0 aliphatic carbocycles. The zero-order chi connectivity index (χ0) is 21.1. The number of benzene rings is 2. The van der Waals surface area contributed by atoms with Gasteiger partial charge in [0, 0.05) is 14.5 Å². The molecule has 0 N–H and O–H groups in total. The zero-order valence-corrected chi connectivity index (χ0v) is 19.0. The van der Waals surface area contributed by atoms with Crippen molar-refractivity contribution in [2.24, 2.45) is 5.10 Å². The van der Waals surface area contributed by atoms with Gasteiger partial charge in [0.15, 0.2) is 6.10 Å². The molecule has 0 aliphatic rings. The lowest BCUT2D eigenvalue weighted by atomic mass is 10.2. The van der Waals surface area contributed by atoms with Crippen molar-refractivity contribution >= 4 is 54.9 Å². The normalized spacial score (nSPS) is 12.3. The first-order valence-corrected chi connectivity index (χ1v) is 10.2. The molecule has 0 saturated heterocycles. The number of carbonyl (C=O) groups is 1. The molecule has 1 atom stereocenters. The van der Waals surface area contributed by atoms with E-state index < -0.39 is 12.1 Å². The van der Waals surface area contributed by atoms with Crippen LogP contribution in [0.1, 0.15) is 18.3 Å². The van der Waals surface area contributed by atoms with Crippen molar-refractivity contribution in [2.45, 2.75) is 20.0 Å². The zero-order valence-electron chi connectivity index (χ0n) is 15.8. The lowest BCUT2D eigenvalue weighted by Crippen LogP contribution is -2.25. The number of esters is 1. The van der Waals surface area contributed by atoms with E-state index in [4.69, 9.17) is 9.47 Å². The standard InChI is InChI=1S/C20H17Br2N3O4/c1-11(20(27)28-3)29-18-7-5-14(21)8-13(18)10-23-25-12(2)24-17-6-4-15(22)9-16(17)19(25)26/h4-11H,1-3H3/t11-/m1/s1. The van der Waals surface area contributed by atoms with Crippen molar-refractivity contribution in [3.8, 4) is 5.75 Å². The van der Waals surface area contributed by atoms with E-state index in [1.807, 2.05) is 6.07 Å². The molecule has 3 rings (SSSR count). The predicted octanol–water partition coefficient (Wildman–Crippen LogP) is 4.05. The van der Waals surface area contributed by atoms with Gasteiger partial charge in [0.2, 0.25) is 0 Å². The van der Waals surface area contributed by atoms with Crippen LogP contribution in [0, 0.1) is 6.92 Å². The van der Waals surface area contributed by atoms with E-state index in [1.54, 1.807) is 44.2 Å². The monoisotopic (exact) mass is 521 g/mol. The number of aromatic nitrogens is 2. The summed E-state index contributed by atoms with van der Waals surface area (Å²) >= 11 is 6.78. The Labute approximate surface area is 183 Å². The lowest BCUT2D eigenvalue weighted by Gasteiger charge is -2.14. The Morgan fingerprint density at radius 1 is 1.21 bits per heavy atom. The van der Waals surface area contributed by atoms with Crippen LogP contribution in [0.5, 0.6) is 5.75 Å². The van der Waals surface area contributed by atoms with E-state index in [1.165, 1.54) is 18.0 Å². The highest BCUT2D eigenvalue weighted by atomic mass is 79.9. The SMILES string of the molecule is COC(=O)[C@@H](C)Oc1ccc(Br)cc1C=Nn1c(C)nc2ccc(Br)cc2c1=O. The highest BCUT2D eigenvalue weighted by Crippen LogP contribution is 2.23. The van der Waals surface area contributed by atoms with Gasteiger partial charge in [-0.05, 0) is 50.2 Å². The van der Waals surface area contributed by atoms with Gasteiger partial charge in [-0.15, -0.1) is 0 Å². The number of fused-ring (bicyclic) bond motifs is 1. The van der Waals surface area contributed by atoms with Crippen molar-refractivity contribution in [1.82, 2.24) is 9.66 Å². The Hall–Kier alpha value is -2.52. The molecule has 0 radical (unpaired) electrons. The number of halogens is 2. The van der Waals surface area contributed by atoms with E-state index in [0.717, 1.165) is 8.95 Å². The Bertz CT molecular complexity index is 1170. The van der Waals surface area contributed by atoms with Crippen LogP contribution in [-0.2, 0) is 9.53 Å². The van der Waals surface area contributed by atoms with Crippen LogP contribution >= 0.6 is 31.9 Å². The van der Waals surface area contributed by atoms with Crippen LogP contribution in [0.15, 0.2) is 55.2 Å². The molecule has 1 heterocycles. The van der Waals surface area contributed by atoms with Gasteiger partial charge in [0.25, 0.3) is 5.56 Å². The lowest BCUT2D eigenvalue weighted by molar-refractivity contribution is -0.147. The number of aryl methyl sites for hydroxylation is 1. The van der Waals surface area contributed by atoms with Crippen molar-refractivity contribution in [3.63, 3.8) is 0 Å². The van der Waals surface area contributed by atoms with Crippen LogP contribution < -0.4 is 10.3 Å². The third-order valence-corrected chi connectivity index (χ3v) is 5.08. The molecule has 150 valence electrons. The molecule has 0 fully saturated rings. The second-order valence-electron chi connectivity index (χ2n) is 6.15. The quantitative estimate of drug-likeness (QED) is 0.373. The van der Waals surface area contributed by atoms with Crippen molar-refractivity contribution in [1.29, 1.82) is 0 Å². The Morgan fingerprint density at radius 2 is 1.90 bits per heavy atom. The molecule has 0 spiro atoms. The smallest absolute Gasteiger partial charge is 0.346 e. The van der Waals surface area contributed by atoms with Gasteiger partial charge < -0.3 is 9.47 Å². The molecule has 1 aromatic heterocycles. The van der Waals surface area contributed by atoms with Gasteiger partial charge in [0.05, 0.1) is 24.2 Å². The number of rotatable bonds is 5. The van der Waals surface area contributed by atoms with Gasteiger partial charge in [-0.25, -0.2) is 9.78 Å². The topological polar surface area (TPSA) is 82.8 Å². The highest BCUT2D eigenvalue weighted by molar-refractivity contribution is 9.10. The van der Waals surface area contributed by atoms with E-state index in [2.05, 4.69) is 41.9 Å². The molecular weight excluding hydrogens is 506 g/mol. The highest BCUT2D eigenvalue weighted by Gasteiger charge is 2.16. The summed E-state index contributed by atoms with van der Waals surface area (Å²) in [6, 6.07) is 10.6. The Kier molecular flexibility index (Phi) is 6.49. The summed E-state index contributed by atoms with van der Waals surface area (Å²) in [6.07, 6.45) is 0.696. The molecule has 0 bridgehead atoms. The van der Waals surface area contributed by atoms with Crippen molar-refractivity contribution < 1.29 is 14.3 Å². The second-order valence-corrected chi connectivity index (χ2v) is 7.98. The van der Waals surface area contributed by atoms with Gasteiger partial charge in [0.1, 0.15) is 11.6 Å². The molecule has 29 heavy (non-hydrogen) atoms. The molecule has 7 nitrogen and oxygen atoms in total. The average Bonchev–Trinajstić information content (AvgIpc) is 2.69. The fraction of sp³-hybridized carbons (Fsp3) is 0.200. The van der Waals surface area contributed by atoms with Crippen molar-refractivity contribution in [3.05, 3.63) is 67.1 Å². The van der Waals surface area contributed by atoms with E-state index in [9.17, 15) is 9.59 Å². The molecule has 0 saturated carbocycles. The number of ether oxygens (including phenoxy) is 2. The summed E-state index contributed by atoms with van der Waals surface area (Å²) in [6.45, 7) is 3.30. The van der Waals surface area contributed by atoms with Crippen LogP contribution in [0.3, 0.4) is 0 Å². The summed E-state index contributed by atoms with van der Waals surface area (Å²) in [5.41, 5.74) is 0.891. The minimum Gasteiger partial charge on any atom is -0.478 e. The third-order valence-electron chi connectivity index (χ3n) is 4.09. The van der Waals surface area contributed by atoms with E-state index in [-0.39, 0.29) is 5.56 Å². The summed E-state index contributed by atoms with van der Waals surface area (Å²) in [4.78, 5) is 29.0. The number of nitrogens with zero attached hydrogens (tertiary/aromatic N) is 3. The third kappa shape index (κ3) is 4.73. The first-order valence-electron chi connectivity index (χ1n) is 8.57. The maximum absolute atomic E-state index is 12.9. The van der Waals surface area contributed by atoms with Gasteiger partial charge in [-0.2, -0.15) is 9.78 Å². The second kappa shape index (κ2) is 8.87. The molecule has 9 heteroatoms. The molecule has 3 aromatic rings. The molecule has 2 aromatic carbocycles. The Balaban J connectivity index is 2.03. The number of methoxy groups -OCH3 is 1. The molecule has 0 aliphatic heterocycles. The van der Waals surface area contributed by atoms with Crippen molar-refractivity contribution in [2.75, 3.05) is 7.11 Å². The fourth-order valence-electron chi connectivity index (χ4n) is 2.65. The maximum atomic E-state index is 12.9. The molecular formula is C20H17Br2N3O4. The first kappa shape index (κ1) is 21.2. The van der Waals surface area contributed by atoms with E-state index >= 15 is 0 Å². The van der Waals surface area contributed by atoms with Crippen LogP contribution in [0.2, 0.25) is 0 Å². The minimum absolute atomic E-state index is 0.287. The van der Waals surface area contributed by atoms with Gasteiger partial charge in [-0.1, -0.05) is 31.9 Å². The van der Waals surface area contributed by atoms with Crippen LogP contribution in [0.25, 0.3) is 10.9 Å². The molecule has 0 unspecified atom stereocenters. The number of carbonyl (C=O) groups excluding carboxylic acids is 1. The summed E-state index contributed by atoms with van der Waals surface area (Å²) in [5, 5.41) is 4.76. The number of hydrogen-bond acceptors (Lipinski definition) is 6. The van der Waals surface area contributed by atoms with Gasteiger partial charge in [-0.3, -0.25) is 4.79 Å². The largest absolute Gasteiger partial charge is 0.478 e. The van der Waals surface area contributed by atoms with Crippen LogP contribution in [0.4, 0.5) is 0 Å².